The summed E-state index contributed by atoms with van der Waals surface area (Å²) in [5, 5.41) is 7.42. The third kappa shape index (κ3) is 6.55. The maximum Gasteiger partial charge on any atom is 2.00 e. The van der Waals surface area contributed by atoms with Gasteiger partial charge < -0.3 is 9.30 Å². The summed E-state index contributed by atoms with van der Waals surface area (Å²) in [5.41, 5.74) is 9.75. The van der Waals surface area contributed by atoms with E-state index in [9.17, 15) is 0 Å². The molecule has 0 N–H and O–H groups in total. The van der Waals surface area contributed by atoms with Gasteiger partial charge >= 0.3 is 20.4 Å². The molecule has 4 aromatic carbocycles. The van der Waals surface area contributed by atoms with Crippen LogP contribution in [0.3, 0.4) is 0 Å². The standard InChI is InChI=1S/C44H44N4O.Pd/c1-9-37-42(29-16-12-11-13-17-29)38(10-2)48(46-37)32-24-31(44(6,7)8)25-34(27-32)49-33-20-21-36-35-18-14-15-19-39(35)47(40(36)28-33)41-26-30(22-23-45-41)43(3,4)5;/h11-26H,9-10H2,1-8H3;/q-2;+2. The van der Waals surface area contributed by atoms with Crippen molar-refractivity contribution in [2.45, 2.75) is 79.1 Å². The number of benzene rings is 4. The van der Waals surface area contributed by atoms with Gasteiger partial charge in [0.15, 0.2) is 0 Å². The van der Waals surface area contributed by atoms with E-state index in [0.717, 1.165) is 57.4 Å². The predicted molar refractivity (Wildman–Crippen MR) is 201 cm³/mol. The number of pyridine rings is 1. The van der Waals surface area contributed by atoms with Crippen LogP contribution in [-0.4, -0.2) is 19.3 Å². The molecule has 0 aliphatic carbocycles. The van der Waals surface area contributed by atoms with Crippen LogP contribution >= 0.6 is 0 Å². The zero-order valence-electron chi connectivity index (χ0n) is 30.2. The summed E-state index contributed by atoms with van der Waals surface area (Å²) < 4.78 is 11.0. The molecular weight excluding hydrogens is 707 g/mol. The van der Waals surface area contributed by atoms with Gasteiger partial charge in [-0.15, -0.1) is 41.3 Å². The van der Waals surface area contributed by atoms with Gasteiger partial charge in [-0.1, -0.05) is 109 Å². The molecule has 0 radical (unpaired) electrons. The van der Waals surface area contributed by atoms with Crippen LogP contribution < -0.4 is 4.74 Å². The molecule has 5 nitrogen and oxygen atoms in total. The van der Waals surface area contributed by atoms with Gasteiger partial charge in [0.05, 0.1) is 5.69 Å². The molecule has 0 spiro atoms. The van der Waals surface area contributed by atoms with E-state index in [1.807, 2.05) is 12.3 Å². The van der Waals surface area contributed by atoms with Gasteiger partial charge in [-0.05, 0) is 64.1 Å². The van der Waals surface area contributed by atoms with E-state index < -0.39 is 0 Å². The van der Waals surface area contributed by atoms with Crippen LogP contribution in [0.15, 0.2) is 97.2 Å². The number of fused-ring (bicyclic) bond motifs is 3. The van der Waals surface area contributed by atoms with Crippen molar-refractivity contribution in [2.75, 3.05) is 0 Å². The minimum Gasteiger partial charge on any atom is -0.509 e. The summed E-state index contributed by atoms with van der Waals surface area (Å²) in [6.07, 6.45) is 3.57. The van der Waals surface area contributed by atoms with Crippen molar-refractivity contribution in [1.82, 2.24) is 19.3 Å². The summed E-state index contributed by atoms with van der Waals surface area (Å²) in [6.45, 7) is 17.7. The summed E-state index contributed by atoms with van der Waals surface area (Å²) in [5.74, 6) is 2.11. The van der Waals surface area contributed by atoms with Crippen molar-refractivity contribution < 1.29 is 25.2 Å². The Morgan fingerprint density at radius 1 is 0.700 bits per heavy atom. The monoisotopic (exact) mass is 750 g/mol. The number of rotatable bonds is 7. The van der Waals surface area contributed by atoms with Crippen LogP contribution in [0.2, 0.25) is 0 Å². The van der Waals surface area contributed by atoms with E-state index >= 15 is 0 Å². The number of aromatic nitrogens is 4. The van der Waals surface area contributed by atoms with Gasteiger partial charge in [0.1, 0.15) is 5.82 Å². The second kappa shape index (κ2) is 13.7. The van der Waals surface area contributed by atoms with Crippen molar-refractivity contribution in [3.05, 3.63) is 132 Å². The third-order valence-corrected chi connectivity index (χ3v) is 9.33. The van der Waals surface area contributed by atoms with Crippen molar-refractivity contribution in [1.29, 1.82) is 0 Å². The van der Waals surface area contributed by atoms with Crippen LogP contribution in [0.25, 0.3) is 44.4 Å². The Morgan fingerprint density at radius 3 is 2.12 bits per heavy atom. The predicted octanol–water partition coefficient (Wildman–Crippen LogP) is 11.1. The molecule has 0 unspecified atom stereocenters. The maximum atomic E-state index is 6.68. The fraction of sp³-hybridized carbons (Fsp3) is 0.273. The fourth-order valence-electron chi connectivity index (χ4n) is 6.64. The molecule has 3 aromatic heterocycles. The minimum absolute atomic E-state index is 0. The molecule has 0 bridgehead atoms. The van der Waals surface area contributed by atoms with E-state index in [1.54, 1.807) is 0 Å². The largest absolute Gasteiger partial charge is 2.00 e. The average Bonchev–Trinajstić information content (AvgIpc) is 3.63. The number of hydrogen-bond donors (Lipinski definition) is 0. The van der Waals surface area contributed by atoms with Gasteiger partial charge in [-0.3, -0.25) is 4.68 Å². The number of nitrogens with zero attached hydrogens (tertiary/aromatic N) is 4. The van der Waals surface area contributed by atoms with Crippen molar-refractivity contribution in [2.24, 2.45) is 0 Å². The van der Waals surface area contributed by atoms with E-state index in [1.165, 1.54) is 22.4 Å². The first-order chi connectivity index (χ1) is 23.5. The van der Waals surface area contributed by atoms with E-state index in [2.05, 4.69) is 162 Å². The van der Waals surface area contributed by atoms with Gasteiger partial charge in [0.2, 0.25) is 0 Å². The SMILES string of the molecule is CCc1nn(-c2[c-]c(Oc3[c-]c4c(cc3)c3ccccc3n4-c3cc(C(C)(C)C)ccn3)cc(C(C)(C)C)c2)c(CC)c1-c1ccccc1.[Pd+2]. The molecular formula is C44H44N4OPd. The molecule has 0 saturated heterocycles. The first-order valence-corrected chi connectivity index (χ1v) is 17.3. The Kier molecular flexibility index (Phi) is 9.66. The molecule has 0 fully saturated rings. The van der Waals surface area contributed by atoms with Crippen LogP contribution in [0.1, 0.15) is 77.9 Å². The molecule has 7 aromatic rings. The van der Waals surface area contributed by atoms with Crippen LogP contribution in [0.5, 0.6) is 11.5 Å². The summed E-state index contributed by atoms with van der Waals surface area (Å²) >= 11 is 0. The normalized spacial score (nSPS) is 12.0. The number of ether oxygens (including phenoxy) is 1. The van der Waals surface area contributed by atoms with Gasteiger partial charge in [0.25, 0.3) is 0 Å². The Labute approximate surface area is 310 Å². The molecule has 6 heteroatoms. The minimum atomic E-state index is -0.124. The number of para-hydroxylation sites is 1. The third-order valence-electron chi connectivity index (χ3n) is 9.33. The molecule has 3 heterocycles. The average molecular weight is 751 g/mol. The quantitative estimate of drug-likeness (QED) is 0.120. The molecule has 0 aliphatic heterocycles. The summed E-state index contributed by atoms with van der Waals surface area (Å²) in [7, 11) is 0. The second-order valence-electron chi connectivity index (χ2n) is 14.8. The Morgan fingerprint density at radius 2 is 1.42 bits per heavy atom. The first kappa shape index (κ1) is 35.3. The van der Waals surface area contributed by atoms with Crippen LogP contribution in [-0.2, 0) is 44.1 Å². The zero-order valence-corrected chi connectivity index (χ0v) is 31.7. The molecule has 0 atom stereocenters. The molecule has 50 heavy (non-hydrogen) atoms. The first-order valence-electron chi connectivity index (χ1n) is 17.3. The molecule has 0 amide bonds. The second-order valence-corrected chi connectivity index (χ2v) is 14.8. The zero-order chi connectivity index (χ0) is 34.5. The Hall–Kier alpha value is -4.50. The number of hydrogen-bond acceptors (Lipinski definition) is 3. The maximum absolute atomic E-state index is 6.68. The summed E-state index contributed by atoms with van der Waals surface area (Å²) in [4.78, 5) is 4.83. The summed E-state index contributed by atoms with van der Waals surface area (Å²) in [6, 6.07) is 39.0. The van der Waals surface area contributed by atoms with Gasteiger partial charge in [-0.2, -0.15) is 11.2 Å². The fourth-order valence-corrected chi connectivity index (χ4v) is 6.64. The Bertz CT molecular complexity index is 2300. The topological polar surface area (TPSA) is 44.9 Å². The van der Waals surface area contributed by atoms with Gasteiger partial charge in [-0.25, -0.2) is 4.98 Å². The molecule has 0 aliphatic rings. The molecule has 7 rings (SSSR count). The van der Waals surface area contributed by atoms with Crippen molar-refractivity contribution in [3.63, 3.8) is 0 Å². The van der Waals surface area contributed by atoms with Crippen molar-refractivity contribution >= 4 is 21.8 Å². The van der Waals surface area contributed by atoms with Crippen LogP contribution in [0.4, 0.5) is 0 Å². The smallest absolute Gasteiger partial charge is 0.509 e. The molecule has 256 valence electrons. The van der Waals surface area contributed by atoms with Crippen LogP contribution in [0, 0.1) is 12.1 Å². The number of aryl methyl sites for hydroxylation is 1. The van der Waals surface area contributed by atoms with E-state index in [-0.39, 0.29) is 31.3 Å². The van der Waals surface area contributed by atoms with Crippen molar-refractivity contribution in [3.8, 4) is 34.1 Å². The van der Waals surface area contributed by atoms with Gasteiger partial charge in [0, 0.05) is 34.5 Å². The Balaban J connectivity index is 0.00000432. The van der Waals surface area contributed by atoms with E-state index in [0.29, 0.717) is 11.5 Å². The molecule has 0 saturated carbocycles. The van der Waals surface area contributed by atoms with E-state index in [4.69, 9.17) is 14.8 Å².